The third-order valence-corrected chi connectivity index (χ3v) is 3.70. The molecule has 0 spiro atoms. The van der Waals surface area contributed by atoms with Crippen molar-refractivity contribution in [2.24, 2.45) is 0 Å². The number of nitrogens with zero attached hydrogens (tertiary/aromatic N) is 1. The summed E-state index contributed by atoms with van der Waals surface area (Å²) in [4.78, 5) is 26.6. The molecule has 20 heavy (non-hydrogen) atoms. The quantitative estimate of drug-likeness (QED) is 0.853. The van der Waals surface area contributed by atoms with Crippen LogP contribution >= 0.6 is 0 Å². The van der Waals surface area contributed by atoms with Gasteiger partial charge < -0.3 is 10.2 Å². The fourth-order valence-electron chi connectivity index (χ4n) is 2.52. The van der Waals surface area contributed by atoms with E-state index in [9.17, 15) is 9.59 Å². The minimum atomic E-state index is -0.584. The lowest BCUT2D eigenvalue weighted by molar-refractivity contribution is -0.151. The topological polar surface area (TPSA) is 49.4 Å². The van der Waals surface area contributed by atoms with Gasteiger partial charge in [-0.05, 0) is 18.9 Å². The first-order chi connectivity index (χ1) is 9.60. The van der Waals surface area contributed by atoms with E-state index in [0.717, 1.165) is 5.56 Å². The van der Waals surface area contributed by atoms with Crippen LogP contribution in [0, 0.1) is 0 Å². The molecule has 0 radical (unpaired) electrons. The van der Waals surface area contributed by atoms with Crippen molar-refractivity contribution in [2.45, 2.75) is 38.4 Å². The molecule has 0 aliphatic carbocycles. The van der Waals surface area contributed by atoms with Crippen molar-refractivity contribution in [1.29, 1.82) is 0 Å². The Morgan fingerprint density at radius 3 is 2.55 bits per heavy atom. The van der Waals surface area contributed by atoms with Crippen molar-refractivity contribution in [3.8, 4) is 0 Å². The molecule has 1 aliphatic rings. The maximum Gasteiger partial charge on any atom is 0.248 e. The molecule has 4 heteroatoms. The first-order valence-corrected chi connectivity index (χ1v) is 6.90. The highest BCUT2D eigenvalue weighted by Gasteiger charge is 2.42. The first-order valence-electron chi connectivity index (χ1n) is 6.90. The number of carbonyl (C=O) groups excluding carboxylic acids is 2. The highest BCUT2D eigenvalue weighted by atomic mass is 16.2. The van der Waals surface area contributed by atoms with Gasteiger partial charge in [0.2, 0.25) is 11.8 Å². The van der Waals surface area contributed by atoms with Crippen LogP contribution in [-0.4, -0.2) is 28.8 Å². The summed E-state index contributed by atoms with van der Waals surface area (Å²) in [6.07, 6.45) is 2.28. The molecule has 1 fully saturated rings. The normalized spacial score (nSPS) is 24.2. The van der Waals surface area contributed by atoms with Crippen molar-refractivity contribution < 1.29 is 9.59 Å². The molecule has 3 unspecified atom stereocenters. The number of hydrogen-bond acceptors (Lipinski definition) is 2. The fourth-order valence-corrected chi connectivity index (χ4v) is 2.52. The zero-order chi connectivity index (χ0) is 14.7. The van der Waals surface area contributed by atoms with Crippen LogP contribution in [0.5, 0.6) is 0 Å². The van der Waals surface area contributed by atoms with Gasteiger partial charge in [-0.25, -0.2) is 0 Å². The number of carbonyl (C=O) groups is 2. The average Bonchev–Trinajstić information content (AvgIpc) is 2.48. The predicted octanol–water partition coefficient (Wildman–Crippen LogP) is 2.04. The third kappa shape index (κ3) is 2.46. The molecule has 106 valence electrons. The second-order valence-electron chi connectivity index (χ2n) is 5.00. The lowest BCUT2D eigenvalue weighted by atomic mass is 9.97. The molecule has 1 N–H and O–H groups in total. The van der Waals surface area contributed by atoms with Crippen LogP contribution in [-0.2, 0) is 9.59 Å². The van der Waals surface area contributed by atoms with Crippen LogP contribution in [0.25, 0.3) is 0 Å². The monoisotopic (exact) mass is 272 g/mol. The molecule has 1 saturated heterocycles. The van der Waals surface area contributed by atoms with Gasteiger partial charge in [-0.1, -0.05) is 43.3 Å². The molecule has 1 aromatic carbocycles. The summed E-state index contributed by atoms with van der Waals surface area (Å²) >= 11 is 0. The predicted molar refractivity (Wildman–Crippen MR) is 77.9 cm³/mol. The van der Waals surface area contributed by atoms with E-state index in [0.29, 0.717) is 6.42 Å². The minimum absolute atomic E-state index is 0.0478. The van der Waals surface area contributed by atoms with E-state index in [2.05, 4.69) is 11.9 Å². The molecule has 1 heterocycles. The van der Waals surface area contributed by atoms with E-state index < -0.39 is 12.1 Å². The van der Waals surface area contributed by atoms with Gasteiger partial charge in [0.25, 0.3) is 0 Å². The van der Waals surface area contributed by atoms with E-state index in [1.54, 1.807) is 11.0 Å². The van der Waals surface area contributed by atoms with Gasteiger partial charge in [0.1, 0.15) is 12.1 Å². The highest BCUT2D eigenvalue weighted by Crippen LogP contribution is 2.28. The number of benzene rings is 1. The van der Waals surface area contributed by atoms with Crippen LogP contribution in [0.3, 0.4) is 0 Å². The van der Waals surface area contributed by atoms with E-state index >= 15 is 0 Å². The van der Waals surface area contributed by atoms with Gasteiger partial charge >= 0.3 is 0 Å². The van der Waals surface area contributed by atoms with Crippen LogP contribution < -0.4 is 5.32 Å². The Morgan fingerprint density at radius 1 is 1.35 bits per heavy atom. The summed E-state index contributed by atoms with van der Waals surface area (Å²) in [5.74, 6) is -0.176. The van der Waals surface area contributed by atoms with Crippen molar-refractivity contribution in [3.05, 3.63) is 48.6 Å². The van der Waals surface area contributed by atoms with Crippen LogP contribution in [0.2, 0.25) is 0 Å². The molecule has 0 bridgehead atoms. The number of nitrogens with one attached hydrogen (secondary N) is 1. The molecular weight excluding hydrogens is 252 g/mol. The van der Waals surface area contributed by atoms with Gasteiger partial charge in [-0.2, -0.15) is 0 Å². The molecular formula is C16H20N2O2. The van der Waals surface area contributed by atoms with Crippen LogP contribution in [0.15, 0.2) is 43.0 Å². The molecule has 2 amide bonds. The SMILES string of the molecule is C=CC(C)N1C(=O)C(CC)NC(=O)C1c1ccccc1. The molecule has 0 aromatic heterocycles. The standard InChI is InChI=1S/C16H20N2O2/c1-4-11(3)18-14(12-9-7-6-8-10-12)15(19)17-13(5-2)16(18)20/h4,6-11,13-14H,1,5H2,2-3H3,(H,17,19). The van der Waals surface area contributed by atoms with E-state index in [1.807, 2.05) is 44.2 Å². The average molecular weight is 272 g/mol. The summed E-state index contributed by atoms with van der Waals surface area (Å²) < 4.78 is 0. The smallest absolute Gasteiger partial charge is 0.248 e. The van der Waals surface area contributed by atoms with Gasteiger partial charge in [0.05, 0.1) is 0 Å². The number of rotatable bonds is 4. The summed E-state index contributed by atoms with van der Waals surface area (Å²) in [5, 5.41) is 2.81. The third-order valence-electron chi connectivity index (χ3n) is 3.70. The van der Waals surface area contributed by atoms with Gasteiger partial charge in [-0.15, -0.1) is 6.58 Å². The zero-order valence-corrected chi connectivity index (χ0v) is 11.9. The maximum absolute atomic E-state index is 12.5. The Labute approximate surface area is 119 Å². The van der Waals surface area contributed by atoms with E-state index in [-0.39, 0.29) is 17.9 Å². The Hall–Kier alpha value is -2.10. The molecule has 1 aromatic rings. The molecule has 2 rings (SSSR count). The lowest BCUT2D eigenvalue weighted by Gasteiger charge is -2.41. The van der Waals surface area contributed by atoms with E-state index in [4.69, 9.17) is 0 Å². The second kappa shape index (κ2) is 5.90. The second-order valence-corrected chi connectivity index (χ2v) is 5.00. The van der Waals surface area contributed by atoms with Gasteiger partial charge in [0.15, 0.2) is 0 Å². The Morgan fingerprint density at radius 2 is 2.00 bits per heavy atom. The first kappa shape index (κ1) is 14.3. The van der Waals surface area contributed by atoms with Gasteiger partial charge in [0, 0.05) is 6.04 Å². The molecule has 3 atom stereocenters. The fraction of sp³-hybridized carbons (Fsp3) is 0.375. The Balaban J connectivity index is 2.43. The molecule has 1 aliphatic heterocycles. The highest BCUT2D eigenvalue weighted by molar-refractivity contribution is 5.97. The van der Waals surface area contributed by atoms with Crippen molar-refractivity contribution >= 4 is 11.8 Å². The van der Waals surface area contributed by atoms with Crippen molar-refractivity contribution in [1.82, 2.24) is 10.2 Å². The lowest BCUT2D eigenvalue weighted by Crippen LogP contribution is -2.61. The van der Waals surface area contributed by atoms with Gasteiger partial charge in [-0.3, -0.25) is 9.59 Å². The summed E-state index contributed by atoms with van der Waals surface area (Å²) in [6.45, 7) is 7.52. The molecule has 0 saturated carbocycles. The van der Waals surface area contributed by atoms with Crippen molar-refractivity contribution in [3.63, 3.8) is 0 Å². The number of amides is 2. The zero-order valence-electron chi connectivity index (χ0n) is 11.9. The largest absolute Gasteiger partial charge is 0.342 e. The number of piperazine rings is 1. The summed E-state index contributed by atoms with van der Waals surface area (Å²) in [7, 11) is 0. The number of hydrogen-bond donors (Lipinski definition) is 1. The maximum atomic E-state index is 12.5. The van der Waals surface area contributed by atoms with Crippen LogP contribution in [0.1, 0.15) is 31.9 Å². The van der Waals surface area contributed by atoms with Crippen molar-refractivity contribution in [2.75, 3.05) is 0 Å². The summed E-state index contributed by atoms with van der Waals surface area (Å²) in [5.41, 5.74) is 0.821. The van der Waals surface area contributed by atoms with Crippen LogP contribution in [0.4, 0.5) is 0 Å². The summed E-state index contributed by atoms with van der Waals surface area (Å²) in [6, 6.07) is 8.16. The molecule has 4 nitrogen and oxygen atoms in total. The Bertz CT molecular complexity index is 512. The Kier molecular flexibility index (Phi) is 4.23. The minimum Gasteiger partial charge on any atom is -0.342 e. The van der Waals surface area contributed by atoms with E-state index in [1.165, 1.54) is 0 Å².